The number of ether oxygens (including phenoxy) is 1. The largest absolute Gasteiger partial charge is 0.493 e. The van der Waals surface area contributed by atoms with Crippen molar-refractivity contribution in [3.63, 3.8) is 0 Å². The molecule has 0 saturated heterocycles. The van der Waals surface area contributed by atoms with Crippen molar-refractivity contribution in [1.29, 1.82) is 0 Å². The Balaban J connectivity index is 2.07. The number of thiophene rings is 2. The Bertz CT molecular complexity index is 697. The molecule has 0 aromatic carbocycles. The van der Waals surface area contributed by atoms with E-state index in [1.807, 2.05) is 4.68 Å². The van der Waals surface area contributed by atoms with Gasteiger partial charge >= 0.3 is 0 Å². The molecule has 4 nitrogen and oxygen atoms in total. The lowest BCUT2D eigenvalue weighted by molar-refractivity contribution is 0.401. The van der Waals surface area contributed by atoms with Gasteiger partial charge in [-0.1, -0.05) is 0 Å². The molecule has 0 aliphatic rings. The molecule has 1 unspecified atom stereocenters. The number of rotatable bonds is 4. The zero-order chi connectivity index (χ0) is 14.3. The van der Waals surface area contributed by atoms with Gasteiger partial charge in [-0.05, 0) is 31.4 Å². The van der Waals surface area contributed by atoms with Crippen LogP contribution < -0.4 is 10.5 Å². The molecule has 2 N–H and O–H groups in total. The lowest BCUT2D eigenvalue weighted by Crippen LogP contribution is -2.18. The molecule has 0 bridgehead atoms. The van der Waals surface area contributed by atoms with Gasteiger partial charge in [-0.3, -0.25) is 4.68 Å². The average molecular weight is 307 g/mol. The third-order valence-electron chi connectivity index (χ3n) is 3.27. The van der Waals surface area contributed by atoms with E-state index in [2.05, 4.69) is 36.5 Å². The van der Waals surface area contributed by atoms with Crippen molar-refractivity contribution in [2.45, 2.75) is 25.9 Å². The summed E-state index contributed by atoms with van der Waals surface area (Å²) in [7, 11) is 1.66. The van der Waals surface area contributed by atoms with Crippen molar-refractivity contribution in [2.24, 2.45) is 5.73 Å². The average Bonchev–Trinajstić information content (AvgIpc) is 3.10. The smallest absolute Gasteiger partial charge is 0.161 e. The van der Waals surface area contributed by atoms with Crippen LogP contribution in [0.15, 0.2) is 23.7 Å². The molecule has 0 spiro atoms. The van der Waals surface area contributed by atoms with Gasteiger partial charge in [-0.2, -0.15) is 5.10 Å². The van der Waals surface area contributed by atoms with E-state index in [9.17, 15) is 0 Å². The van der Waals surface area contributed by atoms with Crippen molar-refractivity contribution in [3.05, 3.63) is 34.3 Å². The summed E-state index contributed by atoms with van der Waals surface area (Å²) >= 11 is 3.48. The highest BCUT2D eigenvalue weighted by molar-refractivity contribution is 7.27. The first-order chi connectivity index (χ1) is 9.61. The molecule has 3 heterocycles. The van der Waals surface area contributed by atoms with Crippen LogP contribution in [0, 0.1) is 0 Å². The summed E-state index contributed by atoms with van der Waals surface area (Å²) in [5.74, 6) is 0.753. The van der Waals surface area contributed by atoms with Crippen LogP contribution in [-0.4, -0.2) is 16.9 Å². The fraction of sp³-hybridized carbons (Fsp3) is 0.357. The molecule has 0 saturated carbocycles. The molecule has 0 fully saturated rings. The van der Waals surface area contributed by atoms with E-state index < -0.39 is 0 Å². The molecule has 1 atom stereocenters. The van der Waals surface area contributed by atoms with Crippen molar-refractivity contribution in [3.8, 4) is 5.75 Å². The second-order valence-corrected chi connectivity index (χ2v) is 6.98. The number of aromatic nitrogens is 2. The number of nitrogens with zero attached hydrogens (tertiary/aromatic N) is 2. The quantitative estimate of drug-likeness (QED) is 0.797. The van der Waals surface area contributed by atoms with Crippen molar-refractivity contribution < 1.29 is 4.74 Å². The van der Waals surface area contributed by atoms with Crippen LogP contribution in [0.2, 0.25) is 0 Å². The zero-order valence-electron chi connectivity index (χ0n) is 11.7. The van der Waals surface area contributed by atoms with E-state index in [1.165, 1.54) is 9.40 Å². The lowest BCUT2D eigenvalue weighted by atomic mass is 10.1. The van der Waals surface area contributed by atoms with Gasteiger partial charge in [0.15, 0.2) is 5.75 Å². The summed E-state index contributed by atoms with van der Waals surface area (Å²) in [5.41, 5.74) is 7.41. The van der Waals surface area contributed by atoms with E-state index in [0.29, 0.717) is 0 Å². The first kappa shape index (κ1) is 13.6. The monoisotopic (exact) mass is 307 g/mol. The molecule has 0 radical (unpaired) electrons. The summed E-state index contributed by atoms with van der Waals surface area (Å²) < 4.78 is 9.93. The fourth-order valence-electron chi connectivity index (χ4n) is 2.29. The van der Waals surface area contributed by atoms with Gasteiger partial charge in [0, 0.05) is 20.3 Å². The first-order valence-corrected chi connectivity index (χ1v) is 8.15. The summed E-state index contributed by atoms with van der Waals surface area (Å²) in [6.45, 7) is 4.19. The molecule has 0 amide bonds. The van der Waals surface area contributed by atoms with Crippen molar-refractivity contribution in [1.82, 2.24) is 9.78 Å². The Morgan fingerprint density at radius 1 is 1.35 bits per heavy atom. The van der Waals surface area contributed by atoms with Crippen LogP contribution in [-0.2, 0) is 0 Å². The predicted octanol–water partition coefficient (Wildman–Crippen LogP) is 3.80. The maximum atomic E-state index is 6.47. The molecule has 3 aromatic heterocycles. The zero-order valence-corrected chi connectivity index (χ0v) is 13.3. The molecular weight excluding hydrogens is 290 g/mol. The van der Waals surface area contributed by atoms with E-state index >= 15 is 0 Å². The standard InChI is InChI=1S/C14H17N3OS2/c1-8(2)17-14(9(18-3)7-16-17)13(15)12-6-11-10(20-12)4-5-19-11/h4-8,13H,15H2,1-3H3. The van der Waals surface area contributed by atoms with Gasteiger partial charge in [-0.25, -0.2) is 0 Å². The highest BCUT2D eigenvalue weighted by Crippen LogP contribution is 2.37. The maximum Gasteiger partial charge on any atom is 0.161 e. The van der Waals surface area contributed by atoms with Gasteiger partial charge in [0.25, 0.3) is 0 Å². The van der Waals surface area contributed by atoms with Crippen LogP contribution in [0.25, 0.3) is 9.40 Å². The van der Waals surface area contributed by atoms with Gasteiger partial charge in [0.1, 0.15) is 5.69 Å². The Kier molecular flexibility index (Phi) is 3.54. The van der Waals surface area contributed by atoms with Gasteiger partial charge < -0.3 is 10.5 Å². The minimum absolute atomic E-state index is 0.209. The highest BCUT2D eigenvalue weighted by Gasteiger charge is 2.23. The summed E-state index contributed by atoms with van der Waals surface area (Å²) in [4.78, 5) is 1.15. The molecule has 0 aliphatic heterocycles. The summed E-state index contributed by atoms with van der Waals surface area (Å²) in [5, 5.41) is 6.50. The van der Waals surface area contributed by atoms with Crippen molar-refractivity contribution >= 4 is 32.1 Å². The predicted molar refractivity (Wildman–Crippen MR) is 84.9 cm³/mol. The minimum Gasteiger partial charge on any atom is -0.493 e. The number of hydrogen-bond donors (Lipinski definition) is 1. The van der Waals surface area contributed by atoms with Crippen LogP contribution in [0.3, 0.4) is 0 Å². The fourth-order valence-corrected chi connectivity index (χ4v) is 4.42. The molecule has 0 aliphatic carbocycles. The minimum atomic E-state index is -0.209. The Morgan fingerprint density at radius 3 is 2.80 bits per heavy atom. The van der Waals surface area contributed by atoms with Crippen LogP contribution in [0.5, 0.6) is 5.75 Å². The molecule has 3 rings (SSSR count). The summed E-state index contributed by atoms with van der Waals surface area (Å²) in [6, 6.07) is 4.35. The van der Waals surface area contributed by atoms with Gasteiger partial charge in [-0.15, -0.1) is 22.7 Å². The second-order valence-electron chi connectivity index (χ2n) is 4.91. The van der Waals surface area contributed by atoms with E-state index in [-0.39, 0.29) is 12.1 Å². The number of hydrogen-bond acceptors (Lipinski definition) is 5. The Morgan fingerprint density at radius 2 is 2.15 bits per heavy atom. The molecular formula is C14H17N3OS2. The maximum absolute atomic E-state index is 6.47. The van der Waals surface area contributed by atoms with Crippen LogP contribution >= 0.6 is 22.7 Å². The number of fused-ring (bicyclic) bond motifs is 1. The highest BCUT2D eigenvalue weighted by atomic mass is 32.1. The van der Waals surface area contributed by atoms with E-state index in [4.69, 9.17) is 10.5 Å². The molecule has 20 heavy (non-hydrogen) atoms. The van der Waals surface area contributed by atoms with E-state index in [1.54, 1.807) is 36.0 Å². The third-order valence-corrected chi connectivity index (χ3v) is 5.44. The normalized spacial score (nSPS) is 13.2. The van der Waals surface area contributed by atoms with Crippen LogP contribution in [0.1, 0.15) is 36.5 Å². The van der Waals surface area contributed by atoms with Crippen LogP contribution in [0.4, 0.5) is 0 Å². The topological polar surface area (TPSA) is 53.1 Å². The molecule has 6 heteroatoms. The van der Waals surface area contributed by atoms with Gasteiger partial charge in [0.05, 0.1) is 19.3 Å². The Labute approximate surface area is 125 Å². The SMILES string of the molecule is COc1cnn(C(C)C)c1C(N)c1cc2sccc2s1. The summed E-state index contributed by atoms with van der Waals surface area (Å²) in [6.07, 6.45) is 1.74. The van der Waals surface area contributed by atoms with E-state index in [0.717, 1.165) is 16.3 Å². The second kappa shape index (κ2) is 5.20. The van der Waals surface area contributed by atoms with Crippen molar-refractivity contribution in [2.75, 3.05) is 7.11 Å². The van der Waals surface area contributed by atoms with Gasteiger partial charge in [0.2, 0.25) is 0 Å². The number of nitrogens with two attached hydrogens (primary N) is 1. The Hall–Kier alpha value is -1.37. The first-order valence-electron chi connectivity index (χ1n) is 6.45. The third kappa shape index (κ3) is 2.13. The lowest BCUT2D eigenvalue weighted by Gasteiger charge is -2.17. The molecule has 106 valence electrons. The molecule has 3 aromatic rings. The number of methoxy groups -OCH3 is 1.